The summed E-state index contributed by atoms with van der Waals surface area (Å²) in [5, 5.41) is 0. The summed E-state index contributed by atoms with van der Waals surface area (Å²) >= 11 is 0. The smallest absolute Gasteiger partial charge is 0.165 e. The van der Waals surface area contributed by atoms with Crippen molar-refractivity contribution in [2.24, 2.45) is 16.7 Å². The number of rotatable bonds is 2. The maximum Gasteiger partial charge on any atom is 0.165 e. The van der Waals surface area contributed by atoms with Gasteiger partial charge in [0.25, 0.3) is 0 Å². The minimum atomic E-state index is -0.0722. The van der Waals surface area contributed by atoms with Gasteiger partial charge < -0.3 is 0 Å². The van der Waals surface area contributed by atoms with E-state index in [2.05, 4.69) is 33.8 Å². The number of carbonyl (C=O) groups excluding carboxylic acids is 1. The normalized spacial score (nSPS) is 40.4. The fourth-order valence-electron chi connectivity index (χ4n) is 3.46. The van der Waals surface area contributed by atoms with Crippen LogP contribution in [0.2, 0.25) is 0 Å². The molecular weight excluding hydrogens is 184 g/mol. The van der Waals surface area contributed by atoms with Gasteiger partial charge in [-0.1, -0.05) is 40.2 Å². The van der Waals surface area contributed by atoms with Gasteiger partial charge in [-0.05, 0) is 36.2 Å². The summed E-state index contributed by atoms with van der Waals surface area (Å²) in [6.45, 7) is 8.88. The third-order valence-corrected chi connectivity index (χ3v) is 5.02. The van der Waals surface area contributed by atoms with Gasteiger partial charge >= 0.3 is 0 Å². The zero-order valence-electron chi connectivity index (χ0n) is 10.4. The van der Waals surface area contributed by atoms with Crippen molar-refractivity contribution in [1.82, 2.24) is 0 Å². The molecule has 0 spiro atoms. The molecule has 0 amide bonds. The molecule has 1 heteroatoms. The van der Waals surface area contributed by atoms with Crippen molar-refractivity contribution in [2.75, 3.05) is 0 Å². The second kappa shape index (κ2) is 3.20. The number of allylic oxidation sites excluding steroid dienone is 2. The molecule has 0 heterocycles. The molecule has 2 saturated carbocycles. The first-order valence-corrected chi connectivity index (χ1v) is 6.20. The molecule has 0 aliphatic heterocycles. The quantitative estimate of drug-likeness (QED) is 0.629. The highest BCUT2D eigenvalue weighted by Gasteiger charge is 2.63. The van der Waals surface area contributed by atoms with Crippen molar-refractivity contribution in [3.8, 4) is 0 Å². The largest absolute Gasteiger partial charge is 0.294 e. The highest BCUT2D eigenvalue weighted by atomic mass is 16.1. The van der Waals surface area contributed by atoms with E-state index < -0.39 is 0 Å². The van der Waals surface area contributed by atoms with E-state index in [0.29, 0.717) is 11.7 Å². The average molecular weight is 206 g/mol. The van der Waals surface area contributed by atoms with Crippen molar-refractivity contribution < 1.29 is 4.79 Å². The van der Waals surface area contributed by atoms with Gasteiger partial charge in [0.15, 0.2) is 5.78 Å². The first kappa shape index (κ1) is 10.9. The van der Waals surface area contributed by atoms with E-state index in [1.54, 1.807) is 0 Å². The average Bonchev–Trinajstić information content (AvgIpc) is 2.48. The molecule has 2 aliphatic rings. The van der Waals surface area contributed by atoms with Crippen molar-refractivity contribution in [2.45, 2.75) is 53.4 Å². The lowest BCUT2D eigenvalue weighted by atomic mass is 9.70. The lowest BCUT2D eigenvalue weighted by Gasteiger charge is -2.31. The summed E-state index contributed by atoms with van der Waals surface area (Å²) in [5.41, 5.74) is 1.26. The minimum absolute atomic E-state index is 0.0722. The Morgan fingerprint density at radius 1 is 1.40 bits per heavy atom. The molecule has 0 saturated heterocycles. The number of Topliss-reactive ketones (excluding diaryl/α,β-unsaturated/α-hetero) is 1. The lowest BCUT2D eigenvalue weighted by Crippen LogP contribution is -2.32. The molecule has 2 fully saturated rings. The van der Waals surface area contributed by atoms with Crippen molar-refractivity contribution in [1.29, 1.82) is 0 Å². The van der Waals surface area contributed by atoms with Crippen LogP contribution in [0.15, 0.2) is 11.6 Å². The van der Waals surface area contributed by atoms with Gasteiger partial charge in [0.05, 0.1) is 0 Å². The monoisotopic (exact) mass is 206 g/mol. The summed E-state index contributed by atoms with van der Waals surface area (Å²) < 4.78 is 0. The van der Waals surface area contributed by atoms with Crippen LogP contribution >= 0.6 is 0 Å². The molecule has 0 N–H and O–H groups in total. The first-order valence-electron chi connectivity index (χ1n) is 6.20. The maximum atomic E-state index is 12.3. The van der Waals surface area contributed by atoms with E-state index >= 15 is 0 Å². The van der Waals surface area contributed by atoms with Crippen molar-refractivity contribution in [3.63, 3.8) is 0 Å². The number of fused-ring (bicyclic) bond motifs is 2. The Morgan fingerprint density at radius 3 is 2.53 bits per heavy atom. The molecule has 84 valence electrons. The van der Waals surface area contributed by atoms with E-state index in [-0.39, 0.29) is 10.8 Å². The predicted octanol–water partition coefficient (Wildman–Crippen LogP) is 3.74. The van der Waals surface area contributed by atoms with E-state index in [0.717, 1.165) is 24.8 Å². The standard InChI is InChI=1S/C14H22O/c1-5-6-7-10-11-8-9-14(4,12(10)15)13(11,2)3/h7,11H,5-6,8-9H2,1-4H3. The molecule has 2 unspecified atom stereocenters. The van der Waals surface area contributed by atoms with E-state index in [1.165, 1.54) is 6.42 Å². The van der Waals surface area contributed by atoms with Crippen LogP contribution in [-0.4, -0.2) is 5.78 Å². The first-order chi connectivity index (χ1) is 6.95. The van der Waals surface area contributed by atoms with Crippen molar-refractivity contribution >= 4 is 5.78 Å². The van der Waals surface area contributed by atoms with Crippen LogP contribution in [0.3, 0.4) is 0 Å². The molecule has 0 aromatic heterocycles. The molecule has 0 aromatic rings. The fourth-order valence-corrected chi connectivity index (χ4v) is 3.46. The number of carbonyl (C=O) groups is 1. The number of hydrogen-bond acceptors (Lipinski definition) is 1. The summed E-state index contributed by atoms with van der Waals surface area (Å²) in [6, 6.07) is 0. The molecule has 0 aromatic carbocycles. The Bertz CT molecular complexity index is 324. The Morgan fingerprint density at radius 2 is 2.07 bits per heavy atom. The highest BCUT2D eigenvalue weighted by molar-refractivity contribution is 6.04. The highest BCUT2D eigenvalue weighted by Crippen LogP contribution is 2.65. The Labute approximate surface area is 92.9 Å². The zero-order valence-corrected chi connectivity index (χ0v) is 10.4. The number of hydrogen-bond donors (Lipinski definition) is 0. The van der Waals surface area contributed by atoms with Crippen LogP contribution in [-0.2, 0) is 4.79 Å². The second-order valence-electron chi connectivity index (χ2n) is 5.92. The van der Waals surface area contributed by atoms with Gasteiger partial charge in [0.2, 0.25) is 0 Å². The Kier molecular flexibility index (Phi) is 2.33. The Hall–Kier alpha value is -0.590. The van der Waals surface area contributed by atoms with Gasteiger partial charge in [-0.2, -0.15) is 0 Å². The van der Waals surface area contributed by atoms with Crippen LogP contribution in [0, 0.1) is 16.7 Å². The van der Waals surface area contributed by atoms with Crippen molar-refractivity contribution in [3.05, 3.63) is 11.6 Å². The maximum absolute atomic E-state index is 12.3. The molecule has 1 nitrogen and oxygen atoms in total. The van der Waals surface area contributed by atoms with Gasteiger partial charge in [-0.3, -0.25) is 4.79 Å². The SMILES string of the molecule is CCCC=C1C(=O)C2(C)CCC1C2(C)C. The lowest BCUT2D eigenvalue weighted by molar-refractivity contribution is -0.125. The zero-order chi connectivity index (χ0) is 11.3. The van der Waals surface area contributed by atoms with E-state index in [9.17, 15) is 4.79 Å². The van der Waals surface area contributed by atoms with Crippen LogP contribution < -0.4 is 0 Å². The van der Waals surface area contributed by atoms with Crippen LogP contribution in [0.25, 0.3) is 0 Å². The van der Waals surface area contributed by atoms with E-state index in [4.69, 9.17) is 0 Å². The molecule has 15 heavy (non-hydrogen) atoms. The summed E-state index contributed by atoms with van der Waals surface area (Å²) in [7, 11) is 0. The van der Waals surface area contributed by atoms with Crippen LogP contribution in [0.5, 0.6) is 0 Å². The Balaban J connectivity index is 2.38. The number of ketones is 1. The second-order valence-corrected chi connectivity index (χ2v) is 5.92. The molecule has 2 rings (SSSR count). The third kappa shape index (κ3) is 1.18. The molecular formula is C14H22O. The third-order valence-electron chi connectivity index (χ3n) is 5.02. The van der Waals surface area contributed by atoms with Crippen LogP contribution in [0.1, 0.15) is 53.4 Å². The van der Waals surface area contributed by atoms with Crippen LogP contribution in [0.4, 0.5) is 0 Å². The summed E-state index contributed by atoms with van der Waals surface area (Å²) in [5.74, 6) is 0.971. The topological polar surface area (TPSA) is 17.1 Å². The number of unbranched alkanes of at least 4 members (excludes halogenated alkanes) is 1. The van der Waals surface area contributed by atoms with Gasteiger partial charge in [0.1, 0.15) is 0 Å². The summed E-state index contributed by atoms with van der Waals surface area (Å²) in [6.07, 6.45) is 6.71. The van der Waals surface area contributed by atoms with Gasteiger partial charge in [-0.25, -0.2) is 0 Å². The van der Waals surface area contributed by atoms with E-state index in [1.807, 2.05) is 0 Å². The molecule has 0 radical (unpaired) electrons. The van der Waals surface area contributed by atoms with Gasteiger partial charge in [0, 0.05) is 5.41 Å². The predicted molar refractivity (Wildman–Crippen MR) is 62.6 cm³/mol. The molecule has 2 atom stereocenters. The van der Waals surface area contributed by atoms with Gasteiger partial charge in [-0.15, -0.1) is 0 Å². The molecule has 2 aliphatic carbocycles. The summed E-state index contributed by atoms with van der Waals surface area (Å²) in [4.78, 5) is 12.3. The molecule has 2 bridgehead atoms. The fraction of sp³-hybridized carbons (Fsp3) is 0.786. The minimum Gasteiger partial charge on any atom is -0.294 e.